The predicted molar refractivity (Wildman–Crippen MR) is 87.5 cm³/mol. The summed E-state index contributed by atoms with van der Waals surface area (Å²) in [4.78, 5) is 23.4. The fourth-order valence-electron chi connectivity index (χ4n) is 2.41. The summed E-state index contributed by atoms with van der Waals surface area (Å²) < 4.78 is 14.9. The highest BCUT2D eigenvalue weighted by Gasteiger charge is 2.29. The van der Waals surface area contributed by atoms with E-state index in [1.807, 2.05) is 0 Å². The van der Waals surface area contributed by atoms with E-state index in [1.165, 1.54) is 26.4 Å². The number of hydrogen-bond donors (Lipinski definition) is 0. The predicted octanol–water partition coefficient (Wildman–Crippen LogP) is 3.17. The van der Waals surface area contributed by atoms with Crippen LogP contribution in [0.5, 0.6) is 0 Å². The highest BCUT2D eigenvalue weighted by atomic mass is 16.5. The standard InChI is InChI=1S/C18H26O5/c1-18(2,3)14-7-12(9-16(19)22-5)13(10-17(20)23-6)8-15(11-14)21-4/h9-11,14H,7-8H2,1-6H3/b12-9-,13-10+. The Bertz CT molecular complexity index is 546. The zero-order chi connectivity index (χ0) is 17.6. The van der Waals surface area contributed by atoms with Gasteiger partial charge in [0.1, 0.15) is 0 Å². The van der Waals surface area contributed by atoms with E-state index in [1.54, 1.807) is 7.11 Å². The fourth-order valence-corrected chi connectivity index (χ4v) is 2.41. The van der Waals surface area contributed by atoms with Gasteiger partial charge < -0.3 is 14.2 Å². The fraction of sp³-hybridized carbons (Fsp3) is 0.556. The van der Waals surface area contributed by atoms with E-state index < -0.39 is 11.9 Å². The monoisotopic (exact) mass is 322 g/mol. The minimum absolute atomic E-state index is 0.0142. The number of hydrogen-bond acceptors (Lipinski definition) is 5. The van der Waals surface area contributed by atoms with Crippen molar-refractivity contribution < 1.29 is 23.8 Å². The summed E-state index contributed by atoms with van der Waals surface area (Å²) in [7, 11) is 4.26. The van der Waals surface area contributed by atoms with E-state index in [-0.39, 0.29) is 11.3 Å². The van der Waals surface area contributed by atoms with Gasteiger partial charge in [-0.3, -0.25) is 0 Å². The van der Waals surface area contributed by atoms with Gasteiger partial charge in [-0.1, -0.05) is 20.8 Å². The lowest BCUT2D eigenvalue weighted by atomic mass is 9.77. The molecule has 1 aliphatic carbocycles. The molecular formula is C18H26O5. The molecule has 0 aliphatic heterocycles. The summed E-state index contributed by atoms with van der Waals surface area (Å²) in [6.07, 6.45) is 5.98. The molecule has 0 aromatic carbocycles. The smallest absolute Gasteiger partial charge is 0.330 e. The van der Waals surface area contributed by atoms with Crippen LogP contribution in [0.2, 0.25) is 0 Å². The summed E-state index contributed by atoms with van der Waals surface area (Å²) >= 11 is 0. The SMILES string of the molecule is COC(=O)/C=C1/CC(C(C)(C)C)C=C(OC)C/C1=C\C(=O)OC. The molecular weight excluding hydrogens is 296 g/mol. The molecule has 128 valence electrons. The van der Waals surface area contributed by atoms with Crippen molar-refractivity contribution in [3.05, 3.63) is 35.1 Å². The molecule has 0 amide bonds. The summed E-state index contributed by atoms with van der Waals surface area (Å²) in [6, 6.07) is 0. The van der Waals surface area contributed by atoms with Crippen molar-refractivity contribution in [1.82, 2.24) is 0 Å². The minimum Gasteiger partial charge on any atom is -0.501 e. The first-order valence-electron chi connectivity index (χ1n) is 7.53. The largest absolute Gasteiger partial charge is 0.501 e. The van der Waals surface area contributed by atoms with Crippen molar-refractivity contribution in [3.8, 4) is 0 Å². The van der Waals surface area contributed by atoms with Gasteiger partial charge in [0.05, 0.1) is 27.1 Å². The van der Waals surface area contributed by atoms with Gasteiger partial charge in [0.15, 0.2) is 0 Å². The number of allylic oxidation sites excluding steroid dienone is 3. The number of methoxy groups -OCH3 is 3. The quantitative estimate of drug-likeness (QED) is 0.590. The van der Waals surface area contributed by atoms with Crippen LogP contribution < -0.4 is 0 Å². The van der Waals surface area contributed by atoms with Gasteiger partial charge in [-0.25, -0.2) is 9.59 Å². The number of esters is 2. The maximum atomic E-state index is 11.7. The van der Waals surface area contributed by atoms with E-state index in [0.29, 0.717) is 18.4 Å². The van der Waals surface area contributed by atoms with Gasteiger partial charge in [-0.15, -0.1) is 0 Å². The van der Waals surface area contributed by atoms with E-state index >= 15 is 0 Å². The molecule has 0 saturated heterocycles. The first kappa shape index (κ1) is 19.0. The van der Waals surface area contributed by atoms with Crippen LogP contribution in [0.3, 0.4) is 0 Å². The van der Waals surface area contributed by atoms with Crippen LogP contribution in [-0.2, 0) is 23.8 Å². The van der Waals surface area contributed by atoms with Crippen LogP contribution in [0.4, 0.5) is 0 Å². The third-order valence-electron chi connectivity index (χ3n) is 3.97. The molecule has 0 aromatic rings. The minimum atomic E-state index is -0.458. The van der Waals surface area contributed by atoms with E-state index in [4.69, 9.17) is 14.2 Å². The first-order chi connectivity index (χ1) is 10.7. The second-order valence-corrected chi connectivity index (χ2v) is 6.58. The second-order valence-electron chi connectivity index (χ2n) is 6.58. The Balaban J connectivity index is 3.35. The van der Waals surface area contributed by atoms with E-state index in [9.17, 15) is 9.59 Å². The molecule has 0 bridgehead atoms. The molecule has 1 unspecified atom stereocenters. The Morgan fingerprint density at radius 3 is 2.00 bits per heavy atom. The lowest BCUT2D eigenvalue weighted by Gasteiger charge is -2.28. The van der Waals surface area contributed by atoms with Crippen molar-refractivity contribution in [1.29, 1.82) is 0 Å². The number of ether oxygens (including phenoxy) is 3. The highest BCUT2D eigenvalue weighted by Crippen LogP contribution is 2.39. The van der Waals surface area contributed by atoms with Crippen molar-refractivity contribution in [2.45, 2.75) is 33.6 Å². The Labute approximate surface area is 138 Å². The molecule has 23 heavy (non-hydrogen) atoms. The van der Waals surface area contributed by atoms with Crippen LogP contribution in [0, 0.1) is 11.3 Å². The van der Waals surface area contributed by atoms with E-state index in [2.05, 4.69) is 26.8 Å². The molecule has 1 atom stereocenters. The average Bonchev–Trinajstić information content (AvgIpc) is 2.66. The van der Waals surface area contributed by atoms with Gasteiger partial charge in [-0.2, -0.15) is 0 Å². The summed E-state index contributed by atoms with van der Waals surface area (Å²) in [5.41, 5.74) is 1.47. The molecule has 5 heteroatoms. The van der Waals surface area contributed by atoms with Crippen molar-refractivity contribution in [3.63, 3.8) is 0 Å². The normalized spacial score (nSPS) is 22.3. The second kappa shape index (κ2) is 7.99. The summed E-state index contributed by atoms with van der Waals surface area (Å²) in [5.74, 6) is 0.0370. The Morgan fingerprint density at radius 2 is 1.57 bits per heavy atom. The summed E-state index contributed by atoms with van der Waals surface area (Å²) in [5, 5.41) is 0. The highest BCUT2D eigenvalue weighted by molar-refractivity contribution is 5.87. The van der Waals surface area contributed by atoms with Gasteiger partial charge >= 0.3 is 11.9 Å². The Hall–Kier alpha value is -2.04. The van der Waals surface area contributed by atoms with Crippen LogP contribution in [0.15, 0.2) is 35.1 Å². The van der Waals surface area contributed by atoms with Crippen LogP contribution in [-0.4, -0.2) is 33.3 Å². The molecule has 5 nitrogen and oxygen atoms in total. The number of carbonyl (C=O) groups is 2. The van der Waals surface area contributed by atoms with Gasteiger partial charge in [0, 0.05) is 18.6 Å². The Kier molecular flexibility index (Phi) is 6.61. The Morgan fingerprint density at radius 1 is 1.04 bits per heavy atom. The van der Waals surface area contributed by atoms with Crippen molar-refractivity contribution in [2.75, 3.05) is 21.3 Å². The molecule has 0 fully saturated rings. The van der Waals surface area contributed by atoms with Crippen molar-refractivity contribution >= 4 is 11.9 Å². The van der Waals surface area contributed by atoms with Crippen molar-refractivity contribution in [2.24, 2.45) is 11.3 Å². The van der Waals surface area contributed by atoms with E-state index in [0.717, 1.165) is 11.3 Å². The average molecular weight is 322 g/mol. The molecule has 1 rings (SSSR count). The van der Waals surface area contributed by atoms with Crippen LogP contribution in [0.1, 0.15) is 33.6 Å². The molecule has 0 heterocycles. The van der Waals surface area contributed by atoms with Gasteiger partial charge in [0.25, 0.3) is 0 Å². The molecule has 0 saturated carbocycles. The van der Waals surface area contributed by atoms with Crippen LogP contribution in [0.25, 0.3) is 0 Å². The third-order valence-corrected chi connectivity index (χ3v) is 3.97. The van der Waals surface area contributed by atoms with Gasteiger partial charge in [-0.05, 0) is 35.0 Å². The molecule has 0 radical (unpaired) electrons. The maximum Gasteiger partial charge on any atom is 0.330 e. The lowest BCUT2D eigenvalue weighted by Crippen LogP contribution is -2.19. The molecule has 1 aliphatic rings. The topological polar surface area (TPSA) is 61.8 Å². The third kappa shape index (κ3) is 5.58. The van der Waals surface area contributed by atoms with Crippen LogP contribution >= 0.6 is 0 Å². The number of carbonyl (C=O) groups excluding carboxylic acids is 2. The molecule has 0 spiro atoms. The zero-order valence-electron chi connectivity index (χ0n) is 14.8. The van der Waals surface area contributed by atoms with Gasteiger partial charge in [0.2, 0.25) is 0 Å². The first-order valence-corrected chi connectivity index (χ1v) is 7.53. The zero-order valence-corrected chi connectivity index (χ0v) is 14.8. The lowest BCUT2D eigenvalue weighted by molar-refractivity contribution is -0.135. The summed E-state index contributed by atoms with van der Waals surface area (Å²) in [6.45, 7) is 6.39. The molecule has 0 aromatic heterocycles. The number of rotatable bonds is 3. The maximum absolute atomic E-state index is 11.7. The molecule has 0 N–H and O–H groups in total.